The van der Waals surface area contributed by atoms with Crippen molar-refractivity contribution < 1.29 is 4.74 Å². The van der Waals surface area contributed by atoms with Crippen LogP contribution in [0, 0.1) is 0 Å². The van der Waals surface area contributed by atoms with E-state index in [0.717, 1.165) is 13.2 Å². The standard InChI is InChI=1S/C16H33NO/c1-4-6-7-8-11-15(17-13-5-2)16(3)12-9-10-14-18-16/h15,17H,4-14H2,1-3H3. The lowest BCUT2D eigenvalue weighted by molar-refractivity contribution is -0.0903. The van der Waals surface area contributed by atoms with Gasteiger partial charge in [-0.2, -0.15) is 0 Å². The van der Waals surface area contributed by atoms with Crippen molar-refractivity contribution in [3.05, 3.63) is 0 Å². The molecular formula is C16H33NO. The van der Waals surface area contributed by atoms with Crippen LogP contribution in [0.1, 0.15) is 78.6 Å². The minimum atomic E-state index is 0.0830. The second kappa shape index (κ2) is 8.92. The monoisotopic (exact) mass is 255 g/mol. The first-order valence-corrected chi connectivity index (χ1v) is 8.10. The molecule has 1 aliphatic heterocycles. The minimum Gasteiger partial charge on any atom is -0.374 e. The van der Waals surface area contributed by atoms with Crippen molar-refractivity contribution in [1.29, 1.82) is 0 Å². The summed E-state index contributed by atoms with van der Waals surface area (Å²) in [5.74, 6) is 0. The van der Waals surface area contributed by atoms with Crippen LogP contribution in [0.2, 0.25) is 0 Å². The van der Waals surface area contributed by atoms with E-state index >= 15 is 0 Å². The molecule has 0 aliphatic carbocycles. The molecule has 0 radical (unpaired) electrons. The maximum absolute atomic E-state index is 6.12. The molecule has 2 heteroatoms. The predicted molar refractivity (Wildman–Crippen MR) is 79.0 cm³/mol. The van der Waals surface area contributed by atoms with Gasteiger partial charge in [-0.25, -0.2) is 0 Å². The minimum absolute atomic E-state index is 0.0830. The second-order valence-corrected chi connectivity index (χ2v) is 5.97. The molecule has 2 atom stereocenters. The third-order valence-corrected chi connectivity index (χ3v) is 4.22. The Labute approximate surface area is 114 Å². The topological polar surface area (TPSA) is 21.3 Å². The molecule has 2 nitrogen and oxygen atoms in total. The van der Waals surface area contributed by atoms with Crippen LogP contribution in [0.3, 0.4) is 0 Å². The van der Waals surface area contributed by atoms with Gasteiger partial charge < -0.3 is 10.1 Å². The maximum Gasteiger partial charge on any atom is 0.0806 e. The Morgan fingerprint density at radius 2 is 1.94 bits per heavy atom. The summed E-state index contributed by atoms with van der Waals surface area (Å²) < 4.78 is 6.12. The van der Waals surface area contributed by atoms with Crippen molar-refractivity contribution in [1.82, 2.24) is 5.32 Å². The van der Waals surface area contributed by atoms with Crippen LogP contribution < -0.4 is 5.32 Å². The van der Waals surface area contributed by atoms with E-state index in [0.29, 0.717) is 6.04 Å². The normalized spacial score (nSPS) is 26.2. The van der Waals surface area contributed by atoms with Crippen molar-refractivity contribution in [3.8, 4) is 0 Å². The van der Waals surface area contributed by atoms with Gasteiger partial charge in [-0.1, -0.05) is 39.5 Å². The number of ether oxygens (including phenoxy) is 1. The molecule has 2 unspecified atom stereocenters. The average Bonchev–Trinajstić information content (AvgIpc) is 2.38. The van der Waals surface area contributed by atoms with Gasteiger partial charge in [0.1, 0.15) is 0 Å². The van der Waals surface area contributed by atoms with Crippen molar-refractivity contribution >= 4 is 0 Å². The first-order valence-electron chi connectivity index (χ1n) is 8.10. The van der Waals surface area contributed by atoms with E-state index < -0.39 is 0 Å². The molecule has 1 heterocycles. The van der Waals surface area contributed by atoms with Crippen LogP contribution in [-0.2, 0) is 4.74 Å². The molecule has 0 bridgehead atoms. The van der Waals surface area contributed by atoms with E-state index in [9.17, 15) is 0 Å². The van der Waals surface area contributed by atoms with Crippen molar-refractivity contribution in [2.75, 3.05) is 13.2 Å². The highest BCUT2D eigenvalue weighted by Crippen LogP contribution is 2.30. The largest absolute Gasteiger partial charge is 0.374 e. The Bertz CT molecular complexity index is 199. The first kappa shape index (κ1) is 16.0. The van der Waals surface area contributed by atoms with Crippen LogP contribution in [0.15, 0.2) is 0 Å². The summed E-state index contributed by atoms with van der Waals surface area (Å²) in [5, 5.41) is 3.73. The lowest BCUT2D eigenvalue weighted by atomic mass is 9.85. The van der Waals surface area contributed by atoms with Gasteiger partial charge in [0.25, 0.3) is 0 Å². The van der Waals surface area contributed by atoms with Gasteiger partial charge in [0, 0.05) is 12.6 Å². The zero-order chi connectivity index (χ0) is 13.3. The van der Waals surface area contributed by atoms with Gasteiger partial charge in [-0.05, 0) is 45.6 Å². The second-order valence-electron chi connectivity index (χ2n) is 5.97. The predicted octanol–water partition coefficient (Wildman–Crippen LogP) is 4.28. The van der Waals surface area contributed by atoms with E-state index in [2.05, 4.69) is 26.1 Å². The van der Waals surface area contributed by atoms with Crippen LogP contribution in [-0.4, -0.2) is 24.8 Å². The highest BCUT2D eigenvalue weighted by Gasteiger charge is 2.35. The molecule has 108 valence electrons. The van der Waals surface area contributed by atoms with Crippen molar-refractivity contribution in [2.24, 2.45) is 0 Å². The van der Waals surface area contributed by atoms with Gasteiger partial charge in [0.05, 0.1) is 5.60 Å². The summed E-state index contributed by atoms with van der Waals surface area (Å²) in [6.45, 7) is 8.91. The summed E-state index contributed by atoms with van der Waals surface area (Å²) in [5.41, 5.74) is 0.0830. The Kier molecular flexibility index (Phi) is 7.92. The van der Waals surface area contributed by atoms with Crippen molar-refractivity contribution in [3.63, 3.8) is 0 Å². The Balaban J connectivity index is 2.42. The van der Waals surface area contributed by atoms with Gasteiger partial charge in [-0.15, -0.1) is 0 Å². The molecule has 0 amide bonds. The fraction of sp³-hybridized carbons (Fsp3) is 1.00. The van der Waals surface area contributed by atoms with Crippen LogP contribution >= 0.6 is 0 Å². The summed E-state index contributed by atoms with van der Waals surface area (Å²) in [7, 11) is 0. The Morgan fingerprint density at radius 1 is 1.11 bits per heavy atom. The summed E-state index contributed by atoms with van der Waals surface area (Å²) in [4.78, 5) is 0. The number of rotatable bonds is 9. The Hall–Kier alpha value is -0.0800. The first-order chi connectivity index (χ1) is 8.73. The van der Waals surface area contributed by atoms with Crippen LogP contribution in [0.5, 0.6) is 0 Å². The molecule has 0 aromatic rings. The fourth-order valence-electron chi connectivity index (χ4n) is 2.95. The fourth-order valence-corrected chi connectivity index (χ4v) is 2.95. The van der Waals surface area contributed by atoms with Crippen LogP contribution in [0.25, 0.3) is 0 Å². The van der Waals surface area contributed by atoms with E-state index in [1.54, 1.807) is 0 Å². The molecule has 1 aliphatic rings. The van der Waals surface area contributed by atoms with E-state index in [-0.39, 0.29) is 5.60 Å². The van der Waals surface area contributed by atoms with Crippen LogP contribution in [0.4, 0.5) is 0 Å². The number of unbranched alkanes of at least 4 members (excludes halogenated alkanes) is 3. The van der Waals surface area contributed by atoms with Gasteiger partial charge in [0.2, 0.25) is 0 Å². The quantitative estimate of drug-likeness (QED) is 0.621. The SMILES string of the molecule is CCCCCCC(NCCC)C1(C)CCCCO1. The van der Waals surface area contributed by atoms with Gasteiger partial charge >= 0.3 is 0 Å². The molecule has 0 aromatic carbocycles. The lowest BCUT2D eigenvalue weighted by Gasteiger charge is -2.41. The molecule has 1 N–H and O–H groups in total. The molecule has 1 saturated heterocycles. The number of hydrogen-bond acceptors (Lipinski definition) is 2. The highest BCUT2D eigenvalue weighted by molar-refractivity contribution is 4.91. The number of nitrogens with one attached hydrogen (secondary N) is 1. The van der Waals surface area contributed by atoms with E-state index in [1.807, 2.05) is 0 Å². The van der Waals surface area contributed by atoms with Gasteiger partial charge in [0.15, 0.2) is 0 Å². The zero-order valence-electron chi connectivity index (χ0n) is 12.8. The third-order valence-electron chi connectivity index (χ3n) is 4.22. The molecule has 18 heavy (non-hydrogen) atoms. The summed E-state index contributed by atoms with van der Waals surface area (Å²) >= 11 is 0. The molecule has 0 spiro atoms. The third kappa shape index (κ3) is 5.27. The smallest absolute Gasteiger partial charge is 0.0806 e. The zero-order valence-corrected chi connectivity index (χ0v) is 12.8. The molecular weight excluding hydrogens is 222 g/mol. The highest BCUT2D eigenvalue weighted by atomic mass is 16.5. The summed E-state index contributed by atoms with van der Waals surface area (Å²) in [6, 6.07) is 0.551. The molecule has 1 fully saturated rings. The van der Waals surface area contributed by atoms with Gasteiger partial charge in [-0.3, -0.25) is 0 Å². The average molecular weight is 255 g/mol. The molecule has 1 rings (SSSR count). The lowest BCUT2D eigenvalue weighted by Crippen LogP contribution is -2.52. The van der Waals surface area contributed by atoms with Crippen molar-refractivity contribution in [2.45, 2.75) is 90.2 Å². The molecule has 0 aromatic heterocycles. The Morgan fingerprint density at radius 3 is 2.56 bits per heavy atom. The molecule has 0 saturated carbocycles. The maximum atomic E-state index is 6.12. The number of hydrogen-bond donors (Lipinski definition) is 1. The van der Waals surface area contributed by atoms with E-state index in [1.165, 1.54) is 57.8 Å². The van der Waals surface area contributed by atoms with E-state index in [4.69, 9.17) is 4.74 Å². The summed E-state index contributed by atoms with van der Waals surface area (Å²) in [6.07, 6.45) is 11.7.